The van der Waals surface area contributed by atoms with E-state index in [0.717, 1.165) is 31.8 Å². The fraction of sp³-hybridized carbons (Fsp3) is 0.519. The average Bonchev–Trinajstić information content (AvgIpc) is 3.24. The molecular formula is C27H36N2O2. The van der Waals surface area contributed by atoms with E-state index < -0.39 is 5.97 Å². The fourth-order valence-corrected chi connectivity index (χ4v) is 5.66. The Balaban J connectivity index is 1.30. The number of hydrogen-bond acceptors (Lipinski definition) is 3. The van der Waals surface area contributed by atoms with Gasteiger partial charge in [0.25, 0.3) is 0 Å². The zero-order valence-electron chi connectivity index (χ0n) is 18.6. The Hall–Kier alpha value is -2.17. The lowest BCUT2D eigenvalue weighted by molar-refractivity contribution is -0.139. The number of rotatable bonds is 8. The SMILES string of the molecule is CNCc1ccccc1[C@H]1CC[C@H](Cc2cccc(C[C@@H]3CN[C@H](C(=O)O)C3)c2)CC1. The van der Waals surface area contributed by atoms with Gasteiger partial charge in [-0.15, -0.1) is 0 Å². The molecule has 1 aliphatic carbocycles. The van der Waals surface area contributed by atoms with Gasteiger partial charge in [-0.2, -0.15) is 0 Å². The summed E-state index contributed by atoms with van der Waals surface area (Å²) in [4.78, 5) is 11.2. The molecule has 1 aliphatic heterocycles. The maximum atomic E-state index is 11.2. The lowest BCUT2D eigenvalue weighted by Gasteiger charge is -2.30. The maximum absolute atomic E-state index is 11.2. The lowest BCUT2D eigenvalue weighted by Crippen LogP contribution is -2.29. The van der Waals surface area contributed by atoms with Crippen LogP contribution in [0.3, 0.4) is 0 Å². The van der Waals surface area contributed by atoms with E-state index in [-0.39, 0.29) is 6.04 Å². The number of carboxylic acid groups (broad SMARTS) is 1. The summed E-state index contributed by atoms with van der Waals surface area (Å²) in [7, 11) is 2.02. The first-order valence-corrected chi connectivity index (χ1v) is 11.9. The highest BCUT2D eigenvalue weighted by molar-refractivity contribution is 5.73. The van der Waals surface area contributed by atoms with Crippen molar-refractivity contribution in [3.05, 3.63) is 70.8 Å². The van der Waals surface area contributed by atoms with Crippen molar-refractivity contribution in [2.75, 3.05) is 13.6 Å². The van der Waals surface area contributed by atoms with E-state index in [4.69, 9.17) is 0 Å². The molecule has 4 rings (SSSR count). The number of carboxylic acids is 1. The Kier molecular flexibility index (Phi) is 7.41. The smallest absolute Gasteiger partial charge is 0.320 e. The minimum Gasteiger partial charge on any atom is -0.480 e. The van der Waals surface area contributed by atoms with Crippen molar-refractivity contribution in [2.24, 2.45) is 11.8 Å². The van der Waals surface area contributed by atoms with E-state index in [1.165, 1.54) is 48.8 Å². The average molecular weight is 421 g/mol. The lowest BCUT2D eigenvalue weighted by atomic mass is 9.75. The van der Waals surface area contributed by atoms with Gasteiger partial charge >= 0.3 is 5.97 Å². The van der Waals surface area contributed by atoms with Crippen LogP contribution in [-0.2, 0) is 24.2 Å². The van der Waals surface area contributed by atoms with Crippen LogP contribution in [0.5, 0.6) is 0 Å². The Morgan fingerprint density at radius 3 is 2.39 bits per heavy atom. The highest BCUT2D eigenvalue weighted by Gasteiger charge is 2.29. The summed E-state index contributed by atoms with van der Waals surface area (Å²) in [6.45, 7) is 1.76. The summed E-state index contributed by atoms with van der Waals surface area (Å²) >= 11 is 0. The number of hydrogen-bond donors (Lipinski definition) is 3. The monoisotopic (exact) mass is 420 g/mol. The van der Waals surface area contributed by atoms with Gasteiger partial charge in [-0.3, -0.25) is 4.79 Å². The highest BCUT2D eigenvalue weighted by atomic mass is 16.4. The van der Waals surface area contributed by atoms with Gasteiger partial charge in [-0.05, 0) is 98.5 Å². The zero-order chi connectivity index (χ0) is 21.6. The second-order valence-electron chi connectivity index (χ2n) is 9.58. The standard InChI is InChI=1S/C27H36N2O2/c1-28-18-24-7-2-3-8-25(24)23-11-9-19(10-12-23)13-20-5-4-6-21(14-20)15-22-16-26(27(30)31)29-17-22/h2-8,14,19,22-23,26,28-29H,9-13,15-18H2,1H3,(H,30,31)/t19-,22-,23-,26-/m0/s1. The van der Waals surface area contributed by atoms with Crippen molar-refractivity contribution in [3.63, 3.8) is 0 Å². The molecule has 4 heteroatoms. The predicted octanol–water partition coefficient (Wildman–Crippen LogP) is 4.53. The molecule has 0 unspecified atom stereocenters. The van der Waals surface area contributed by atoms with Crippen LogP contribution in [0.15, 0.2) is 48.5 Å². The number of benzene rings is 2. The van der Waals surface area contributed by atoms with Gasteiger partial charge in [0.15, 0.2) is 0 Å². The van der Waals surface area contributed by atoms with E-state index in [0.29, 0.717) is 11.8 Å². The molecule has 2 aromatic carbocycles. The van der Waals surface area contributed by atoms with E-state index in [9.17, 15) is 9.90 Å². The molecular weight excluding hydrogens is 384 g/mol. The normalized spacial score (nSPS) is 26.1. The van der Waals surface area contributed by atoms with Gasteiger partial charge in [-0.1, -0.05) is 48.5 Å². The third-order valence-corrected chi connectivity index (χ3v) is 7.27. The van der Waals surface area contributed by atoms with E-state index in [1.807, 2.05) is 7.05 Å². The Bertz CT molecular complexity index is 873. The molecule has 2 fully saturated rings. The molecule has 0 aromatic heterocycles. The molecule has 0 amide bonds. The van der Waals surface area contributed by atoms with Crippen molar-refractivity contribution in [2.45, 2.75) is 63.5 Å². The molecule has 1 heterocycles. The first-order chi connectivity index (χ1) is 15.1. The molecule has 3 N–H and O–H groups in total. The molecule has 1 saturated carbocycles. The van der Waals surface area contributed by atoms with Crippen molar-refractivity contribution < 1.29 is 9.90 Å². The molecule has 0 bridgehead atoms. The largest absolute Gasteiger partial charge is 0.480 e. The minimum absolute atomic E-state index is 0.374. The van der Waals surface area contributed by atoms with E-state index in [1.54, 1.807) is 5.56 Å². The van der Waals surface area contributed by atoms with Crippen LogP contribution in [-0.4, -0.2) is 30.7 Å². The van der Waals surface area contributed by atoms with Gasteiger partial charge in [0.2, 0.25) is 0 Å². The van der Waals surface area contributed by atoms with E-state index in [2.05, 4.69) is 59.2 Å². The second-order valence-corrected chi connectivity index (χ2v) is 9.58. The molecule has 0 spiro atoms. The van der Waals surface area contributed by atoms with Crippen LogP contribution in [0.25, 0.3) is 0 Å². The first kappa shape index (κ1) is 22.0. The van der Waals surface area contributed by atoms with Gasteiger partial charge < -0.3 is 15.7 Å². The molecule has 1 saturated heterocycles. The predicted molar refractivity (Wildman–Crippen MR) is 125 cm³/mol. The summed E-state index contributed by atoms with van der Waals surface area (Å²) in [5, 5.41) is 15.6. The van der Waals surface area contributed by atoms with Crippen molar-refractivity contribution in [3.8, 4) is 0 Å². The Labute approximate surface area is 186 Å². The van der Waals surface area contributed by atoms with Crippen LogP contribution < -0.4 is 10.6 Å². The third-order valence-electron chi connectivity index (χ3n) is 7.27. The molecule has 2 atom stereocenters. The zero-order valence-corrected chi connectivity index (χ0v) is 18.6. The van der Waals surface area contributed by atoms with Gasteiger partial charge in [0.1, 0.15) is 6.04 Å². The van der Waals surface area contributed by atoms with E-state index >= 15 is 0 Å². The summed E-state index contributed by atoms with van der Waals surface area (Å²) in [5.41, 5.74) is 5.79. The third kappa shape index (κ3) is 5.75. The van der Waals surface area contributed by atoms with Crippen molar-refractivity contribution in [1.29, 1.82) is 0 Å². The van der Waals surface area contributed by atoms with Gasteiger partial charge in [-0.25, -0.2) is 0 Å². The Morgan fingerprint density at radius 1 is 1.00 bits per heavy atom. The van der Waals surface area contributed by atoms with Crippen LogP contribution in [0.2, 0.25) is 0 Å². The fourth-order valence-electron chi connectivity index (χ4n) is 5.66. The summed E-state index contributed by atoms with van der Waals surface area (Å²) in [5.74, 6) is 1.17. The van der Waals surface area contributed by atoms with Gasteiger partial charge in [0, 0.05) is 6.54 Å². The Morgan fingerprint density at radius 2 is 1.71 bits per heavy atom. The quantitative estimate of drug-likeness (QED) is 0.587. The van der Waals surface area contributed by atoms with Crippen LogP contribution >= 0.6 is 0 Å². The van der Waals surface area contributed by atoms with Gasteiger partial charge in [0.05, 0.1) is 0 Å². The molecule has 166 valence electrons. The van der Waals surface area contributed by atoms with Crippen LogP contribution in [0.1, 0.15) is 60.3 Å². The summed E-state index contributed by atoms with van der Waals surface area (Å²) in [6, 6.07) is 17.6. The second kappa shape index (κ2) is 10.4. The first-order valence-electron chi connectivity index (χ1n) is 11.9. The highest BCUT2D eigenvalue weighted by Crippen LogP contribution is 2.38. The number of nitrogens with one attached hydrogen (secondary N) is 2. The van der Waals surface area contributed by atoms with Crippen LogP contribution in [0, 0.1) is 11.8 Å². The van der Waals surface area contributed by atoms with Crippen molar-refractivity contribution in [1.82, 2.24) is 10.6 Å². The minimum atomic E-state index is -0.722. The molecule has 31 heavy (non-hydrogen) atoms. The van der Waals surface area contributed by atoms with Crippen molar-refractivity contribution >= 4 is 5.97 Å². The summed E-state index contributed by atoms with van der Waals surface area (Å²) in [6.07, 6.45) is 8.05. The summed E-state index contributed by atoms with van der Waals surface area (Å²) < 4.78 is 0. The molecule has 2 aliphatic rings. The number of carbonyl (C=O) groups is 1. The maximum Gasteiger partial charge on any atom is 0.320 e. The molecule has 2 aromatic rings. The van der Waals surface area contributed by atoms with Crippen LogP contribution in [0.4, 0.5) is 0 Å². The topological polar surface area (TPSA) is 61.4 Å². The molecule has 0 radical (unpaired) electrons. The number of aliphatic carboxylic acids is 1. The molecule has 4 nitrogen and oxygen atoms in total.